The Morgan fingerprint density at radius 2 is 0.640 bits per heavy atom. The molecular formula is C48H36N2. The van der Waals surface area contributed by atoms with Crippen LogP contribution >= 0.6 is 0 Å². The van der Waals surface area contributed by atoms with Gasteiger partial charge in [0.1, 0.15) is 0 Å². The molecule has 8 aromatic carbocycles. The van der Waals surface area contributed by atoms with Crippen LogP contribution < -0.4 is 10.6 Å². The molecule has 0 aliphatic rings. The van der Waals surface area contributed by atoms with Crippen LogP contribution in [0.2, 0.25) is 0 Å². The van der Waals surface area contributed by atoms with Crippen molar-refractivity contribution in [3.63, 3.8) is 0 Å². The van der Waals surface area contributed by atoms with Crippen LogP contribution in [0.15, 0.2) is 206 Å². The molecule has 50 heavy (non-hydrogen) atoms. The number of rotatable bonds is 9. The summed E-state index contributed by atoms with van der Waals surface area (Å²) < 4.78 is 0. The second-order valence-corrected chi connectivity index (χ2v) is 12.3. The first-order valence-corrected chi connectivity index (χ1v) is 17.0. The largest absolute Gasteiger partial charge is 0.355 e. The molecule has 0 saturated carbocycles. The highest BCUT2D eigenvalue weighted by Crippen LogP contribution is 2.51. The number of nitrogens with one attached hydrogen (secondary N) is 2. The van der Waals surface area contributed by atoms with E-state index in [-0.39, 0.29) is 0 Å². The summed E-state index contributed by atoms with van der Waals surface area (Å²) in [5.74, 6) is 0. The third-order valence-electron chi connectivity index (χ3n) is 9.02. The van der Waals surface area contributed by atoms with Gasteiger partial charge in [-0.1, -0.05) is 164 Å². The van der Waals surface area contributed by atoms with Gasteiger partial charge in [-0.2, -0.15) is 0 Å². The van der Waals surface area contributed by atoms with Crippen molar-refractivity contribution in [2.45, 2.75) is 0 Å². The molecule has 2 heteroatoms. The summed E-state index contributed by atoms with van der Waals surface area (Å²) in [6.07, 6.45) is 0. The van der Waals surface area contributed by atoms with Gasteiger partial charge in [0, 0.05) is 28.3 Å². The van der Waals surface area contributed by atoms with E-state index >= 15 is 0 Å². The van der Waals surface area contributed by atoms with Crippen LogP contribution in [0.5, 0.6) is 0 Å². The van der Waals surface area contributed by atoms with Crippen molar-refractivity contribution >= 4 is 22.7 Å². The number of benzene rings is 8. The van der Waals surface area contributed by atoms with Gasteiger partial charge in [0.25, 0.3) is 0 Å². The zero-order valence-electron chi connectivity index (χ0n) is 27.6. The second-order valence-electron chi connectivity index (χ2n) is 12.3. The minimum atomic E-state index is 1.01. The van der Waals surface area contributed by atoms with Crippen molar-refractivity contribution in [1.29, 1.82) is 0 Å². The van der Waals surface area contributed by atoms with Crippen molar-refractivity contribution in [2.75, 3.05) is 10.6 Å². The highest BCUT2D eigenvalue weighted by atomic mass is 14.9. The molecule has 0 saturated heterocycles. The molecule has 0 aromatic heterocycles. The fourth-order valence-corrected chi connectivity index (χ4v) is 6.77. The van der Waals surface area contributed by atoms with E-state index in [0.29, 0.717) is 0 Å². The molecule has 0 radical (unpaired) electrons. The molecule has 2 N–H and O–H groups in total. The molecule has 238 valence electrons. The molecule has 0 atom stereocenters. The first-order chi connectivity index (χ1) is 24.8. The third kappa shape index (κ3) is 6.43. The minimum Gasteiger partial charge on any atom is -0.355 e. The van der Waals surface area contributed by atoms with Gasteiger partial charge >= 0.3 is 0 Å². The van der Waals surface area contributed by atoms with Gasteiger partial charge < -0.3 is 10.6 Å². The molecule has 0 aliphatic carbocycles. The SMILES string of the molecule is c1ccc(Nc2ccc(-c3cc(-c4ccccc4)c(-c4ccccc4)c(-c4ccccc4)c3-c3ccccc3)c(Nc3ccccc3)c2)cc1. The van der Waals surface area contributed by atoms with Crippen molar-refractivity contribution in [3.8, 4) is 55.6 Å². The van der Waals surface area contributed by atoms with Gasteiger partial charge in [0.05, 0.1) is 0 Å². The van der Waals surface area contributed by atoms with Crippen LogP contribution in [-0.2, 0) is 0 Å². The van der Waals surface area contributed by atoms with Crippen LogP contribution in [0.1, 0.15) is 0 Å². The van der Waals surface area contributed by atoms with Gasteiger partial charge in [0.2, 0.25) is 0 Å². The van der Waals surface area contributed by atoms with E-state index in [4.69, 9.17) is 0 Å². The Kier molecular flexibility index (Phi) is 8.73. The topological polar surface area (TPSA) is 24.1 Å². The molecule has 0 heterocycles. The Morgan fingerprint density at radius 1 is 0.240 bits per heavy atom. The summed E-state index contributed by atoms with van der Waals surface area (Å²) in [6.45, 7) is 0. The van der Waals surface area contributed by atoms with E-state index in [9.17, 15) is 0 Å². The first kappa shape index (κ1) is 30.7. The van der Waals surface area contributed by atoms with E-state index < -0.39 is 0 Å². The molecular weight excluding hydrogens is 605 g/mol. The number of anilines is 4. The summed E-state index contributed by atoms with van der Waals surface area (Å²) in [6, 6.07) is 73.1. The van der Waals surface area contributed by atoms with Gasteiger partial charge in [-0.05, 0) is 92.5 Å². The molecule has 0 amide bonds. The molecule has 0 unspecified atom stereocenters. The predicted octanol–water partition coefficient (Wildman–Crippen LogP) is 13.5. The fourth-order valence-electron chi connectivity index (χ4n) is 6.77. The normalized spacial score (nSPS) is 10.8. The average Bonchev–Trinajstić information content (AvgIpc) is 3.19. The van der Waals surface area contributed by atoms with E-state index in [2.05, 4.69) is 205 Å². The average molecular weight is 641 g/mol. The standard InChI is InChI=1S/C48H36N2/c1-7-19-35(20-8-1)43-34-44(42-32-31-41(49-39-27-15-5-16-28-39)33-45(42)50-40-29-17-6-18-30-40)47(37-23-11-3-12-24-37)48(38-25-13-4-14-26-38)46(43)36-21-9-2-10-22-36/h1-34,49-50H. The van der Waals surface area contributed by atoms with Crippen LogP contribution in [0, 0.1) is 0 Å². The Labute approximate surface area is 294 Å². The van der Waals surface area contributed by atoms with Gasteiger partial charge in [-0.3, -0.25) is 0 Å². The van der Waals surface area contributed by atoms with Crippen LogP contribution in [0.25, 0.3) is 55.6 Å². The Bertz CT molecular complexity index is 2320. The maximum Gasteiger partial charge on any atom is 0.0484 e. The Morgan fingerprint density at radius 3 is 1.14 bits per heavy atom. The Hall–Kier alpha value is -6.64. The van der Waals surface area contributed by atoms with E-state index in [0.717, 1.165) is 39.4 Å². The van der Waals surface area contributed by atoms with Crippen LogP contribution in [0.4, 0.5) is 22.7 Å². The monoisotopic (exact) mass is 640 g/mol. The highest BCUT2D eigenvalue weighted by Gasteiger charge is 2.25. The smallest absolute Gasteiger partial charge is 0.0484 e. The zero-order valence-corrected chi connectivity index (χ0v) is 27.6. The van der Waals surface area contributed by atoms with E-state index in [1.54, 1.807) is 0 Å². The summed E-state index contributed by atoms with van der Waals surface area (Å²) in [7, 11) is 0. The number of hydrogen-bond acceptors (Lipinski definition) is 2. The van der Waals surface area contributed by atoms with Crippen molar-refractivity contribution < 1.29 is 0 Å². The molecule has 8 rings (SSSR count). The summed E-state index contributed by atoms with van der Waals surface area (Å²) >= 11 is 0. The molecule has 8 aromatic rings. The predicted molar refractivity (Wildman–Crippen MR) is 213 cm³/mol. The number of hydrogen-bond donors (Lipinski definition) is 2. The molecule has 0 aliphatic heterocycles. The lowest BCUT2D eigenvalue weighted by Crippen LogP contribution is -2.01. The lowest BCUT2D eigenvalue weighted by Gasteiger charge is -2.26. The minimum absolute atomic E-state index is 1.01. The van der Waals surface area contributed by atoms with E-state index in [1.807, 2.05) is 12.1 Å². The third-order valence-corrected chi connectivity index (χ3v) is 9.02. The summed E-state index contributed by atoms with van der Waals surface area (Å²) in [5.41, 5.74) is 15.8. The molecule has 2 nitrogen and oxygen atoms in total. The van der Waals surface area contributed by atoms with Crippen molar-refractivity contribution in [2.24, 2.45) is 0 Å². The number of para-hydroxylation sites is 2. The van der Waals surface area contributed by atoms with Crippen molar-refractivity contribution in [3.05, 3.63) is 206 Å². The van der Waals surface area contributed by atoms with Crippen LogP contribution in [-0.4, -0.2) is 0 Å². The van der Waals surface area contributed by atoms with Gasteiger partial charge in [-0.25, -0.2) is 0 Å². The fraction of sp³-hybridized carbons (Fsp3) is 0. The Balaban J connectivity index is 1.48. The molecule has 0 fully saturated rings. The van der Waals surface area contributed by atoms with Gasteiger partial charge in [0.15, 0.2) is 0 Å². The highest BCUT2D eigenvalue weighted by molar-refractivity contribution is 6.08. The molecule has 0 bridgehead atoms. The van der Waals surface area contributed by atoms with E-state index in [1.165, 1.54) is 38.9 Å². The zero-order chi connectivity index (χ0) is 33.5. The quantitative estimate of drug-likeness (QED) is 0.164. The second kappa shape index (κ2) is 14.2. The lowest BCUT2D eigenvalue weighted by molar-refractivity contribution is 1.49. The van der Waals surface area contributed by atoms with Crippen LogP contribution in [0.3, 0.4) is 0 Å². The maximum atomic E-state index is 3.80. The summed E-state index contributed by atoms with van der Waals surface area (Å²) in [4.78, 5) is 0. The lowest BCUT2D eigenvalue weighted by atomic mass is 9.78. The summed E-state index contributed by atoms with van der Waals surface area (Å²) in [5, 5.41) is 7.42. The van der Waals surface area contributed by atoms with Crippen molar-refractivity contribution in [1.82, 2.24) is 0 Å². The first-order valence-electron chi connectivity index (χ1n) is 17.0. The van der Waals surface area contributed by atoms with Gasteiger partial charge in [-0.15, -0.1) is 0 Å². The molecule has 0 spiro atoms. The maximum absolute atomic E-state index is 3.80.